The van der Waals surface area contributed by atoms with E-state index in [1.54, 1.807) is 18.3 Å². The van der Waals surface area contributed by atoms with Crippen molar-refractivity contribution in [2.24, 2.45) is 0 Å². The molecule has 1 aliphatic rings. The molecule has 24 heteroatoms. The number of hydrogen-bond acceptors (Lipinski definition) is 18. The van der Waals surface area contributed by atoms with Crippen molar-refractivity contribution >= 4 is 58.4 Å². The monoisotopic (exact) mass is 835 g/mol. The Hall–Kier alpha value is -5.59. The first-order valence-electron chi connectivity index (χ1n) is 17.8. The topological polar surface area (TPSA) is 336 Å². The van der Waals surface area contributed by atoms with E-state index in [-0.39, 0.29) is 59.9 Å². The zero-order valence-electron chi connectivity index (χ0n) is 32.6. The first kappa shape index (κ1) is 47.8. The minimum atomic E-state index is -1.41. The molecule has 9 N–H and O–H groups in total. The van der Waals surface area contributed by atoms with Crippen LogP contribution in [-0.4, -0.2) is 107 Å². The van der Waals surface area contributed by atoms with Gasteiger partial charge in [0.25, 0.3) is 5.91 Å². The van der Waals surface area contributed by atoms with E-state index in [1.165, 1.54) is 19.1 Å². The number of aliphatic carboxylic acids is 2. The number of carbonyl (C=O) groups excluding carboxylic acids is 3. The molecule has 0 spiro atoms. The van der Waals surface area contributed by atoms with Gasteiger partial charge in [0, 0.05) is 24.3 Å². The van der Waals surface area contributed by atoms with Crippen LogP contribution in [0.2, 0.25) is 0 Å². The van der Waals surface area contributed by atoms with Crippen LogP contribution in [0.5, 0.6) is 0 Å². The minimum Gasteiger partial charge on any atom is -0.550 e. The Morgan fingerprint density at radius 1 is 1.08 bits per heavy atom. The molecule has 22 nitrogen and oxygen atoms in total. The zero-order valence-corrected chi connectivity index (χ0v) is 34.6. The third-order valence-electron chi connectivity index (χ3n) is 8.57. The number of carboxylic acids is 2. The molecule has 2 amide bonds. The first-order chi connectivity index (χ1) is 27.5. The van der Waals surface area contributed by atoms with Crippen LogP contribution in [0.25, 0.3) is 11.2 Å². The predicted molar refractivity (Wildman–Crippen MR) is 200 cm³/mol. The van der Waals surface area contributed by atoms with Crippen LogP contribution < -0.4 is 67.4 Å². The number of nitrogens with one attached hydrogen (secondary N) is 2. The Morgan fingerprint density at radius 2 is 1.78 bits per heavy atom. The van der Waals surface area contributed by atoms with E-state index in [2.05, 4.69) is 35.6 Å². The normalized spacial score (nSPS) is 17.5. The van der Waals surface area contributed by atoms with Gasteiger partial charge in [0.1, 0.15) is 18.2 Å². The SMILES string of the molecule is CCCCCOC(=O)Nc1nc(=O)n([C@@H]2O[C@H](C)[C@@H](O)[C@H]2O)cc1F.CN(Cc1cnc2nc(N)nc(N)c2n1)c1ccc(C(=O)N[C@@H](CCC(=O)[O-])C(=O)O)cc1.[Na+]. The number of carboxylic acid groups (broad SMARTS) is 2. The summed E-state index contributed by atoms with van der Waals surface area (Å²) in [6.07, 6.45) is -1.47. The summed E-state index contributed by atoms with van der Waals surface area (Å²) in [7, 11) is 1.81. The summed E-state index contributed by atoms with van der Waals surface area (Å²) in [6, 6.07) is 5.08. The summed E-state index contributed by atoms with van der Waals surface area (Å²) in [5.74, 6) is -4.80. The summed E-state index contributed by atoms with van der Waals surface area (Å²) in [4.78, 5) is 79.6. The Labute approximate surface area is 357 Å². The van der Waals surface area contributed by atoms with Gasteiger partial charge in [0.05, 0.1) is 37.3 Å². The van der Waals surface area contributed by atoms with Crippen LogP contribution in [0.1, 0.15) is 68.2 Å². The number of nitrogens with two attached hydrogens (primary N) is 2. The number of rotatable bonds is 15. The fraction of sp³-hybridized carbons (Fsp3) is 0.429. The molecule has 0 bridgehead atoms. The Kier molecular flexibility index (Phi) is 17.8. The number of amides is 2. The molecule has 59 heavy (non-hydrogen) atoms. The van der Waals surface area contributed by atoms with Crippen LogP contribution in [0.4, 0.5) is 32.5 Å². The van der Waals surface area contributed by atoms with Crippen molar-refractivity contribution < 1.29 is 83.0 Å². The van der Waals surface area contributed by atoms with Gasteiger partial charge in [-0.1, -0.05) is 19.8 Å². The van der Waals surface area contributed by atoms with Gasteiger partial charge < -0.3 is 56.4 Å². The molecule has 5 atom stereocenters. The molecule has 0 aliphatic carbocycles. The molecule has 3 aromatic heterocycles. The molecule has 0 unspecified atom stereocenters. The van der Waals surface area contributed by atoms with E-state index in [9.17, 15) is 43.7 Å². The van der Waals surface area contributed by atoms with Crippen LogP contribution in [-0.2, 0) is 25.6 Å². The maximum atomic E-state index is 14.1. The number of aliphatic hydroxyl groups excluding tert-OH is 2. The standard InChI is InChI=1S/C20H22N8O5.C15H22FN3O6.Na/c1-28(9-11-8-23-17-15(24-11)16(21)26-20(22)27-17)12-4-2-10(3-5-12)18(31)25-13(19(32)33)6-7-14(29)30;1-3-4-5-6-24-15(23)18-12-9(16)7-19(14(22)17-12)13-11(21)10(20)8(2)25-13;/h2-5,8,13H,6-7,9H2,1H3,(H,25,31)(H,29,30)(H,32,33)(H4,21,22,23,26,27);7-8,10-11,13,20-21H,3-6H2,1-2H3,(H,17,18,22,23);/q;;+1/p-1/t13-;8-,10-,11-,13-;/m01./s1. The molecule has 1 fully saturated rings. The number of fused-ring (bicyclic) bond motifs is 1. The van der Waals surface area contributed by atoms with Crippen molar-refractivity contribution in [2.75, 3.05) is 35.3 Å². The third kappa shape index (κ3) is 13.2. The molecular weight excluding hydrogens is 792 g/mol. The molecule has 1 saturated heterocycles. The number of unbranched alkanes of at least 4 members (excludes halogenated alkanes) is 2. The predicted octanol–water partition coefficient (Wildman–Crippen LogP) is -3.30. The second-order valence-corrected chi connectivity index (χ2v) is 13.0. The third-order valence-corrected chi connectivity index (χ3v) is 8.57. The summed E-state index contributed by atoms with van der Waals surface area (Å²) in [5, 5.41) is 43.7. The van der Waals surface area contributed by atoms with Crippen LogP contribution in [0.3, 0.4) is 0 Å². The smallest absolute Gasteiger partial charge is 0.550 e. The Balaban J connectivity index is 0.000000322. The number of hydrogen-bond donors (Lipinski definition) is 7. The average Bonchev–Trinajstić information content (AvgIpc) is 3.43. The number of nitrogen functional groups attached to an aromatic ring is 2. The summed E-state index contributed by atoms with van der Waals surface area (Å²) < 4.78 is 24.9. The molecule has 0 radical (unpaired) electrons. The van der Waals surface area contributed by atoms with E-state index in [0.29, 0.717) is 29.8 Å². The van der Waals surface area contributed by atoms with Crippen molar-refractivity contribution in [3.05, 3.63) is 64.2 Å². The van der Waals surface area contributed by atoms with Gasteiger partial charge in [0.2, 0.25) is 5.95 Å². The van der Waals surface area contributed by atoms with Crippen molar-refractivity contribution in [1.29, 1.82) is 0 Å². The second kappa shape index (κ2) is 22.0. The Bertz CT molecular complexity index is 2170. The largest absolute Gasteiger partial charge is 1.00 e. The maximum Gasteiger partial charge on any atom is 1.00 e. The van der Waals surface area contributed by atoms with Gasteiger partial charge in [0.15, 0.2) is 34.8 Å². The number of halogens is 1. The van der Waals surface area contributed by atoms with Crippen LogP contribution in [0.15, 0.2) is 41.5 Å². The molecule has 0 saturated carbocycles. The summed E-state index contributed by atoms with van der Waals surface area (Å²) in [5.41, 5.74) is 12.7. The first-order valence-corrected chi connectivity index (χ1v) is 17.8. The average molecular weight is 836 g/mol. The second-order valence-electron chi connectivity index (χ2n) is 13.0. The fourth-order valence-electron chi connectivity index (χ4n) is 5.44. The number of benzene rings is 1. The van der Waals surface area contributed by atoms with Gasteiger partial charge in [-0.25, -0.2) is 28.7 Å². The number of anilines is 4. The van der Waals surface area contributed by atoms with Gasteiger partial charge >= 0.3 is 47.3 Å². The number of aliphatic hydroxyl groups is 2. The molecule has 1 aromatic carbocycles. The van der Waals surface area contributed by atoms with E-state index < -0.39 is 78.3 Å². The van der Waals surface area contributed by atoms with Gasteiger partial charge in [-0.05, 0) is 50.5 Å². The Morgan fingerprint density at radius 3 is 2.39 bits per heavy atom. The van der Waals surface area contributed by atoms with Crippen molar-refractivity contribution in [3.8, 4) is 0 Å². The molecule has 1 aliphatic heterocycles. The minimum absolute atomic E-state index is 0. The zero-order chi connectivity index (χ0) is 42.7. The van der Waals surface area contributed by atoms with E-state index in [4.69, 9.17) is 26.0 Å². The number of nitrogens with zero attached hydrogens (tertiary/aromatic N) is 7. The van der Waals surface area contributed by atoms with Gasteiger partial charge in [-0.3, -0.25) is 14.7 Å². The summed E-state index contributed by atoms with van der Waals surface area (Å²) >= 11 is 0. The van der Waals surface area contributed by atoms with Crippen molar-refractivity contribution in [1.82, 2.24) is 34.8 Å². The molecule has 4 heterocycles. The fourth-order valence-corrected chi connectivity index (χ4v) is 5.44. The van der Waals surface area contributed by atoms with Crippen molar-refractivity contribution in [2.45, 2.75) is 83.1 Å². The summed E-state index contributed by atoms with van der Waals surface area (Å²) in [6.45, 7) is 4.05. The van der Waals surface area contributed by atoms with E-state index in [0.717, 1.165) is 29.3 Å². The quantitative estimate of drug-likeness (QED) is 0.0455. The molecule has 312 valence electrons. The maximum absolute atomic E-state index is 14.1. The molecule has 4 aromatic rings. The van der Waals surface area contributed by atoms with Crippen molar-refractivity contribution in [3.63, 3.8) is 0 Å². The van der Waals surface area contributed by atoms with Crippen LogP contribution >= 0.6 is 0 Å². The van der Waals surface area contributed by atoms with E-state index >= 15 is 0 Å². The molecular formula is C35H43FN11NaO11. The number of carbonyl (C=O) groups is 4. The molecule has 5 rings (SSSR count). The van der Waals surface area contributed by atoms with E-state index in [1.807, 2.05) is 18.9 Å². The van der Waals surface area contributed by atoms with Crippen LogP contribution in [0, 0.1) is 5.82 Å². The number of ether oxygens (including phenoxy) is 2. The van der Waals surface area contributed by atoms with Gasteiger partial charge in [-0.15, -0.1) is 0 Å². The number of aromatic nitrogens is 6. The van der Waals surface area contributed by atoms with Gasteiger partial charge in [-0.2, -0.15) is 15.0 Å².